The van der Waals surface area contributed by atoms with Gasteiger partial charge in [0.05, 0.1) is 36.1 Å². The number of aromatic nitrogens is 1. The molecule has 3 rings (SSSR count). The molecule has 27 heavy (non-hydrogen) atoms. The van der Waals surface area contributed by atoms with Crippen LogP contribution in [0.25, 0.3) is 10.2 Å². The SMILES string of the molecule is CCOC(=O)CCn1c(=NC(=O)c2ccco2)sc2cc(OCC)ccc21. The van der Waals surface area contributed by atoms with Gasteiger partial charge in [-0.1, -0.05) is 11.3 Å². The van der Waals surface area contributed by atoms with Gasteiger partial charge in [0.15, 0.2) is 10.6 Å². The number of amides is 1. The first-order valence-corrected chi connectivity index (χ1v) is 9.48. The summed E-state index contributed by atoms with van der Waals surface area (Å²) >= 11 is 1.36. The van der Waals surface area contributed by atoms with Gasteiger partial charge < -0.3 is 18.5 Å². The maximum atomic E-state index is 12.3. The number of thiazole rings is 1. The molecule has 0 saturated heterocycles. The molecule has 8 heteroatoms. The molecule has 0 unspecified atom stereocenters. The predicted molar refractivity (Wildman–Crippen MR) is 101 cm³/mol. The molecule has 0 spiro atoms. The van der Waals surface area contributed by atoms with Gasteiger partial charge in [-0.2, -0.15) is 4.99 Å². The second-order valence-electron chi connectivity index (χ2n) is 5.55. The van der Waals surface area contributed by atoms with Crippen molar-refractivity contribution in [2.24, 2.45) is 4.99 Å². The van der Waals surface area contributed by atoms with Crippen molar-refractivity contribution in [2.45, 2.75) is 26.8 Å². The molecule has 0 aliphatic heterocycles. The number of fused-ring (bicyclic) bond motifs is 1. The van der Waals surface area contributed by atoms with E-state index >= 15 is 0 Å². The van der Waals surface area contributed by atoms with Crippen molar-refractivity contribution in [1.82, 2.24) is 4.57 Å². The van der Waals surface area contributed by atoms with Gasteiger partial charge in [-0.15, -0.1) is 0 Å². The lowest BCUT2D eigenvalue weighted by Gasteiger charge is -2.06. The van der Waals surface area contributed by atoms with Crippen LogP contribution >= 0.6 is 11.3 Å². The molecule has 7 nitrogen and oxygen atoms in total. The van der Waals surface area contributed by atoms with Crippen molar-refractivity contribution in [2.75, 3.05) is 13.2 Å². The quantitative estimate of drug-likeness (QED) is 0.580. The number of aryl methyl sites for hydroxylation is 1. The van der Waals surface area contributed by atoms with Crippen molar-refractivity contribution in [1.29, 1.82) is 0 Å². The summed E-state index contributed by atoms with van der Waals surface area (Å²) in [7, 11) is 0. The van der Waals surface area contributed by atoms with Crippen molar-refractivity contribution < 1.29 is 23.5 Å². The molecule has 2 heterocycles. The van der Waals surface area contributed by atoms with E-state index in [0.717, 1.165) is 16.0 Å². The van der Waals surface area contributed by atoms with Gasteiger partial charge in [0, 0.05) is 6.54 Å². The van der Waals surface area contributed by atoms with Gasteiger partial charge in [0.2, 0.25) is 0 Å². The summed E-state index contributed by atoms with van der Waals surface area (Å²) in [6, 6.07) is 8.86. The Hall–Kier alpha value is -2.87. The van der Waals surface area contributed by atoms with E-state index in [-0.39, 0.29) is 18.2 Å². The summed E-state index contributed by atoms with van der Waals surface area (Å²) in [4.78, 5) is 28.8. The molecule has 142 valence electrons. The number of benzene rings is 1. The Morgan fingerprint density at radius 1 is 1.22 bits per heavy atom. The van der Waals surface area contributed by atoms with E-state index in [4.69, 9.17) is 13.9 Å². The molecule has 0 N–H and O–H groups in total. The first-order valence-electron chi connectivity index (χ1n) is 8.66. The second kappa shape index (κ2) is 8.68. The molecule has 0 atom stereocenters. The van der Waals surface area contributed by atoms with E-state index in [1.807, 2.05) is 29.7 Å². The zero-order valence-electron chi connectivity index (χ0n) is 15.1. The largest absolute Gasteiger partial charge is 0.494 e. The molecule has 0 saturated carbocycles. The molecular formula is C19H20N2O5S. The summed E-state index contributed by atoms with van der Waals surface area (Å²) in [6.45, 7) is 4.94. The lowest BCUT2D eigenvalue weighted by molar-refractivity contribution is -0.143. The monoisotopic (exact) mass is 388 g/mol. The molecule has 3 aromatic rings. The smallest absolute Gasteiger partial charge is 0.315 e. The minimum absolute atomic E-state index is 0.166. The minimum atomic E-state index is -0.471. The molecule has 0 aliphatic rings. The van der Waals surface area contributed by atoms with Gasteiger partial charge in [0.25, 0.3) is 0 Å². The Morgan fingerprint density at radius 2 is 2.07 bits per heavy atom. The Kier molecular flexibility index (Phi) is 6.08. The van der Waals surface area contributed by atoms with Crippen LogP contribution in [0.15, 0.2) is 46.0 Å². The number of carbonyl (C=O) groups excluding carboxylic acids is 2. The number of furan rings is 1. The Balaban J connectivity index is 2.02. The Morgan fingerprint density at radius 3 is 2.78 bits per heavy atom. The first-order chi connectivity index (χ1) is 13.1. The molecule has 0 fully saturated rings. The van der Waals surface area contributed by atoms with Crippen molar-refractivity contribution in [3.05, 3.63) is 47.2 Å². The number of carbonyl (C=O) groups is 2. The van der Waals surface area contributed by atoms with Gasteiger partial charge in [0.1, 0.15) is 5.75 Å². The summed E-state index contributed by atoms with van der Waals surface area (Å²) in [6.07, 6.45) is 1.62. The number of hydrogen-bond donors (Lipinski definition) is 0. The predicted octanol–water partition coefficient (Wildman–Crippen LogP) is 3.39. The average Bonchev–Trinajstić information content (AvgIpc) is 3.28. The van der Waals surface area contributed by atoms with Crippen LogP contribution in [0.5, 0.6) is 5.75 Å². The van der Waals surface area contributed by atoms with Gasteiger partial charge in [-0.3, -0.25) is 9.59 Å². The molecule has 1 aromatic carbocycles. The molecule has 1 amide bonds. The lowest BCUT2D eigenvalue weighted by Crippen LogP contribution is -2.19. The van der Waals surface area contributed by atoms with E-state index in [1.165, 1.54) is 17.6 Å². The standard InChI is InChI=1S/C19H20N2O5S/c1-3-24-13-7-8-14-16(12-13)27-19(20-18(23)15-6-5-11-26-15)21(14)10-9-17(22)25-4-2/h5-8,11-12H,3-4,9-10H2,1-2H3. The Labute approximate surface area is 159 Å². The number of hydrogen-bond acceptors (Lipinski definition) is 6. The highest BCUT2D eigenvalue weighted by atomic mass is 32.1. The van der Waals surface area contributed by atoms with E-state index in [2.05, 4.69) is 4.99 Å². The van der Waals surface area contributed by atoms with Crippen LogP contribution in [-0.2, 0) is 16.1 Å². The van der Waals surface area contributed by atoms with E-state index in [1.54, 1.807) is 19.1 Å². The number of esters is 1. The number of ether oxygens (including phenoxy) is 2. The summed E-state index contributed by atoms with van der Waals surface area (Å²) < 4.78 is 18.4. The molecule has 0 bridgehead atoms. The molecule has 2 aromatic heterocycles. The van der Waals surface area contributed by atoms with Crippen LogP contribution < -0.4 is 9.54 Å². The highest BCUT2D eigenvalue weighted by Gasteiger charge is 2.13. The van der Waals surface area contributed by atoms with E-state index < -0.39 is 5.91 Å². The fraction of sp³-hybridized carbons (Fsp3) is 0.316. The van der Waals surface area contributed by atoms with Crippen molar-refractivity contribution >= 4 is 33.4 Å². The fourth-order valence-electron chi connectivity index (χ4n) is 2.59. The minimum Gasteiger partial charge on any atom is -0.494 e. The fourth-order valence-corrected chi connectivity index (χ4v) is 3.67. The van der Waals surface area contributed by atoms with Crippen LogP contribution in [0.1, 0.15) is 30.8 Å². The van der Waals surface area contributed by atoms with Crippen LogP contribution in [0.4, 0.5) is 0 Å². The summed E-state index contributed by atoms with van der Waals surface area (Å²) in [5, 5.41) is 0. The summed E-state index contributed by atoms with van der Waals surface area (Å²) in [5.74, 6) is 0.146. The Bertz CT molecular complexity index is 1000. The third-order valence-corrected chi connectivity index (χ3v) is 4.78. The number of nitrogens with zero attached hydrogens (tertiary/aromatic N) is 2. The van der Waals surface area contributed by atoms with Crippen molar-refractivity contribution in [3.8, 4) is 5.75 Å². The van der Waals surface area contributed by atoms with Crippen LogP contribution in [0.3, 0.4) is 0 Å². The topological polar surface area (TPSA) is 83.0 Å². The first kappa shape index (κ1) is 18.9. The molecular weight excluding hydrogens is 368 g/mol. The van der Waals surface area contributed by atoms with Crippen LogP contribution in [0, 0.1) is 0 Å². The zero-order valence-corrected chi connectivity index (χ0v) is 16.0. The summed E-state index contributed by atoms with van der Waals surface area (Å²) in [5.41, 5.74) is 0.874. The third-order valence-electron chi connectivity index (χ3n) is 3.74. The van der Waals surface area contributed by atoms with Gasteiger partial charge in [-0.05, 0) is 44.2 Å². The maximum Gasteiger partial charge on any atom is 0.315 e. The van der Waals surface area contributed by atoms with Gasteiger partial charge in [-0.25, -0.2) is 0 Å². The highest BCUT2D eigenvalue weighted by Crippen LogP contribution is 2.24. The maximum absolute atomic E-state index is 12.3. The highest BCUT2D eigenvalue weighted by molar-refractivity contribution is 7.16. The van der Waals surface area contributed by atoms with Gasteiger partial charge >= 0.3 is 11.9 Å². The number of rotatable bonds is 7. The zero-order chi connectivity index (χ0) is 19.2. The molecule has 0 radical (unpaired) electrons. The normalized spacial score (nSPS) is 11.7. The van der Waals surface area contributed by atoms with Crippen LogP contribution in [-0.4, -0.2) is 29.7 Å². The molecule has 0 aliphatic carbocycles. The lowest BCUT2D eigenvalue weighted by atomic mass is 10.3. The third kappa shape index (κ3) is 4.46. The van der Waals surface area contributed by atoms with Crippen molar-refractivity contribution in [3.63, 3.8) is 0 Å². The van der Waals surface area contributed by atoms with E-state index in [0.29, 0.717) is 24.6 Å². The van der Waals surface area contributed by atoms with Crippen LogP contribution in [0.2, 0.25) is 0 Å². The van der Waals surface area contributed by atoms with E-state index in [9.17, 15) is 9.59 Å². The average molecular weight is 388 g/mol. The second-order valence-corrected chi connectivity index (χ2v) is 6.56.